The number of likely N-dealkylation sites (tertiary alicyclic amines) is 1. The number of aromatic amines is 1. The van der Waals surface area contributed by atoms with E-state index in [0.717, 1.165) is 42.8 Å². The zero-order chi connectivity index (χ0) is 25.1. The van der Waals surface area contributed by atoms with E-state index in [1.807, 2.05) is 26.8 Å². The van der Waals surface area contributed by atoms with Crippen LogP contribution in [0.4, 0.5) is 27.7 Å². The van der Waals surface area contributed by atoms with Gasteiger partial charge in [-0.15, -0.1) is 0 Å². The Labute approximate surface area is 211 Å². The van der Waals surface area contributed by atoms with Crippen LogP contribution in [-0.4, -0.2) is 58.7 Å². The maximum atomic E-state index is 15.1. The van der Waals surface area contributed by atoms with Gasteiger partial charge < -0.3 is 15.2 Å². The maximum Gasteiger partial charge on any atom is 0.229 e. The highest BCUT2D eigenvalue weighted by atomic mass is 35.5. The molecule has 2 aromatic heterocycles. The van der Waals surface area contributed by atoms with Crippen molar-refractivity contribution in [2.24, 2.45) is 0 Å². The third-order valence-electron chi connectivity index (χ3n) is 6.27. The predicted molar refractivity (Wildman–Crippen MR) is 135 cm³/mol. The summed E-state index contributed by atoms with van der Waals surface area (Å²) in [6.45, 7) is 7.34. The number of nitrogens with one attached hydrogen (secondary N) is 3. The van der Waals surface area contributed by atoms with E-state index in [2.05, 4.69) is 35.7 Å². The summed E-state index contributed by atoms with van der Waals surface area (Å²) < 4.78 is 37.1. The van der Waals surface area contributed by atoms with Crippen LogP contribution >= 0.6 is 11.6 Å². The van der Waals surface area contributed by atoms with Crippen LogP contribution in [-0.2, 0) is 11.1 Å². The second-order valence-electron chi connectivity index (χ2n) is 8.89. The van der Waals surface area contributed by atoms with Crippen molar-refractivity contribution in [3.05, 3.63) is 52.1 Å². The van der Waals surface area contributed by atoms with Gasteiger partial charge in [-0.2, -0.15) is 10.1 Å². The molecule has 3 N–H and O–H groups in total. The van der Waals surface area contributed by atoms with Gasteiger partial charge in [-0.05, 0) is 75.9 Å². The molecule has 1 aromatic carbocycles. The third-order valence-corrected chi connectivity index (χ3v) is 7.30. The lowest BCUT2D eigenvalue weighted by atomic mass is 9.86. The van der Waals surface area contributed by atoms with Crippen LogP contribution in [0.3, 0.4) is 0 Å². The molecule has 0 aliphatic carbocycles. The van der Waals surface area contributed by atoms with E-state index in [0.29, 0.717) is 16.7 Å². The van der Waals surface area contributed by atoms with Crippen LogP contribution in [0.5, 0.6) is 0 Å². The Kier molecular flexibility index (Phi) is 8.00. The Morgan fingerprint density at radius 1 is 1.29 bits per heavy atom. The van der Waals surface area contributed by atoms with E-state index in [-0.39, 0.29) is 35.2 Å². The van der Waals surface area contributed by atoms with Gasteiger partial charge in [0.2, 0.25) is 5.95 Å². The minimum atomic E-state index is -2.06. The average Bonchev–Trinajstić information content (AvgIpc) is 3.22. The van der Waals surface area contributed by atoms with Gasteiger partial charge >= 0.3 is 0 Å². The topological polar surface area (TPSA) is 122 Å². The molecule has 12 heteroatoms. The Hall–Kier alpha value is -2.60. The van der Waals surface area contributed by atoms with Crippen LogP contribution in [0.25, 0.3) is 0 Å². The number of piperidine rings is 1. The first-order chi connectivity index (χ1) is 16.7. The Bertz CT molecular complexity index is 1220. The normalized spacial score (nSPS) is 16.7. The Morgan fingerprint density at radius 3 is 2.69 bits per heavy atom. The molecule has 3 aromatic rings. The predicted octanol–water partition coefficient (Wildman–Crippen LogP) is 4.54. The molecule has 0 radical (unpaired) electrons. The summed E-state index contributed by atoms with van der Waals surface area (Å²) in [4.78, 5) is 10.7. The van der Waals surface area contributed by atoms with E-state index in [4.69, 9.17) is 11.6 Å². The van der Waals surface area contributed by atoms with Crippen LogP contribution < -0.4 is 10.6 Å². The first-order valence-corrected chi connectivity index (χ1v) is 13.0. The highest BCUT2D eigenvalue weighted by Crippen LogP contribution is 2.34. The molecule has 35 heavy (non-hydrogen) atoms. The quantitative estimate of drug-likeness (QED) is 0.370. The summed E-state index contributed by atoms with van der Waals surface area (Å²) in [5, 5.41) is 13.2. The molecule has 2 atom stereocenters. The molecule has 0 spiro atoms. The first-order valence-electron chi connectivity index (χ1n) is 11.4. The van der Waals surface area contributed by atoms with Crippen molar-refractivity contribution in [2.45, 2.75) is 45.6 Å². The molecule has 9 nitrogen and oxygen atoms in total. The minimum Gasteiger partial charge on any atom is -0.772 e. The zero-order valence-electron chi connectivity index (χ0n) is 19.8. The van der Waals surface area contributed by atoms with Gasteiger partial charge in [0.15, 0.2) is 11.6 Å². The summed E-state index contributed by atoms with van der Waals surface area (Å²) in [7, 11) is 0. The second-order valence-corrected chi connectivity index (χ2v) is 10.2. The summed E-state index contributed by atoms with van der Waals surface area (Å²) in [6.07, 6.45) is 3.14. The van der Waals surface area contributed by atoms with Gasteiger partial charge in [-0.3, -0.25) is 14.2 Å². The zero-order valence-corrected chi connectivity index (χ0v) is 21.3. The van der Waals surface area contributed by atoms with E-state index in [1.165, 1.54) is 6.20 Å². The maximum absolute atomic E-state index is 15.1. The average molecular weight is 521 g/mol. The van der Waals surface area contributed by atoms with Crippen LogP contribution in [0, 0.1) is 19.7 Å². The van der Waals surface area contributed by atoms with E-state index >= 15 is 4.39 Å². The van der Waals surface area contributed by atoms with Gasteiger partial charge in [-0.1, -0.05) is 22.7 Å². The molecule has 1 aliphatic rings. The van der Waals surface area contributed by atoms with Crippen LogP contribution in [0.1, 0.15) is 42.5 Å². The fourth-order valence-electron chi connectivity index (χ4n) is 4.42. The van der Waals surface area contributed by atoms with Crippen molar-refractivity contribution < 1.29 is 13.2 Å². The number of H-pyrrole nitrogens is 1. The summed E-state index contributed by atoms with van der Waals surface area (Å²) in [6, 6.07) is 5.14. The van der Waals surface area contributed by atoms with E-state index in [9.17, 15) is 8.76 Å². The lowest BCUT2D eigenvalue weighted by molar-refractivity contribution is 0.172. The standard InChI is InChI=1S/C23H29ClFN7O2S/c1-13-8-20(27-23-26-11-18(24)22(29-23)28-21-9-14(2)30-31-21)19(25)10-17(13)16-4-6-32(7-5-16)15(3)12-35(33)34/h8-11,15-16H,4-7,12H2,1-3H3,(H,33,34)(H3,26,27,28,29,30,31)/p-1. The second kappa shape index (κ2) is 11.0. The van der Waals surface area contributed by atoms with Crippen molar-refractivity contribution in [2.75, 3.05) is 29.5 Å². The molecule has 3 heterocycles. The molecule has 0 amide bonds. The van der Waals surface area contributed by atoms with E-state index in [1.54, 1.807) is 12.1 Å². The van der Waals surface area contributed by atoms with Crippen molar-refractivity contribution in [1.82, 2.24) is 25.1 Å². The smallest absolute Gasteiger partial charge is 0.229 e. The number of benzene rings is 1. The number of anilines is 4. The Morgan fingerprint density at radius 2 is 2.03 bits per heavy atom. The van der Waals surface area contributed by atoms with Crippen LogP contribution in [0.2, 0.25) is 5.02 Å². The highest BCUT2D eigenvalue weighted by Gasteiger charge is 2.25. The van der Waals surface area contributed by atoms with Crippen molar-refractivity contribution >= 4 is 46.0 Å². The molecule has 0 bridgehead atoms. The van der Waals surface area contributed by atoms with Crippen molar-refractivity contribution in [3.63, 3.8) is 0 Å². The number of hydrogen-bond acceptors (Lipinski definition) is 8. The molecule has 0 saturated carbocycles. The fourth-order valence-corrected chi connectivity index (χ4v) is 5.17. The largest absolute Gasteiger partial charge is 0.772 e. The summed E-state index contributed by atoms with van der Waals surface area (Å²) in [5.41, 5.74) is 3.10. The van der Waals surface area contributed by atoms with Gasteiger partial charge in [0, 0.05) is 23.6 Å². The molecular formula is C23H28ClFN7O2S-. The number of aromatic nitrogens is 4. The molecule has 188 valence electrons. The Balaban J connectivity index is 1.45. The van der Waals surface area contributed by atoms with Gasteiger partial charge in [0.1, 0.15) is 10.8 Å². The molecule has 1 fully saturated rings. The minimum absolute atomic E-state index is 0.0190. The van der Waals surface area contributed by atoms with Gasteiger partial charge in [0.25, 0.3) is 0 Å². The van der Waals surface area contributed by atoms with Crippen LogP contribution in [0.15, 0.2) is 24.4 Å². The van der Waals surface area contributed by atoms with Gasteiger partial charge in [-0.25, -0.2) is 9.37 Å². The summed E-state index contributed by atoms with van der Waals surface area (Å²) in [5.74, 6) is 1.07. The van der Waals surface area contributed by atoms with Crippen molar-refractivity contribution in [1.29, 1.82) is 0 Å². The molecule has 1 aliphatic heterocycles. The number of halogens is 2. The number of aryl methyl sites for hydroxylation is 2. The molecule has 4 rings (SSSR count). The lowest BCUT2D eigenvalue weighted by Gasteiger charge is -2.37. The molecular weight excluding hydrogens is 493 g/mol. The number of hydrogen-bond donors (Lipinski definition) is 3. The molecule has 1 saturated heterocycles. The summed E-state index contributed by atoms with van der Waals surface area (Å²) >= 11 is 4.16. The first kappa shape index (κ1) is 25.5. The van der Waals surface area contributed by atoms with E-state index < -0.39 is 11.1 Å². The monoisotopic (exact) mass is 520 g/mol. The SMILES string of the molecule is Cc1cc(Nc2nc(Nc3cc(C)c(C4CCN(C(C)CS(=O)[O-])CC4)cc3F)ncc2Cl)n[nH]1. The third kappa shape index (κ3) is 6.35. The number of nitrogens with zero attached hydrogens (tertiary/aromatic N) is 4. The fraction of sp³-hybridized carbons (Fsp3) is 0.435. The molecule has 2 unspecified atom stereocenters. The highest BCUT2D eigenvalue weighted by molar-refractivity contribution is 7.79. The number of rotatable bonds is 8. The van der Waals surface area contributed by atoms with Crippen molar-refractivity contribution in [3.8, 4) is 0 Å². The van der Waals surface area contributed by atoms with Gasteiger partial charge in [0.05, 0.1) is 11.9 Å². The lowest BCUT2D eigenvalue weighted by Crippen LogP contribution is -2.42.